The highest BCUT2D eigenvalue weighted by Gasteiger charge is 2.23. The lowest BCUT2D eigenvalue weighted by Gasteiger charge is -2.15. The van der Waals surface area contributed by atoms with E-state index in [4.69, 9.17) is 10.5 Å². The summed E-state index contributed by atoms with van der Waals surface area (Å²) in [6.07, 6.45) is 2.83. The molecule has 3 N–H and O–H groups in total. The van der Waals surface area contributed by atoms with Crippen molar-refractivity contribution in [2.45, 2.75) is 32.8 Å². The van der Waals surface area contributed by atoms with Crippen LogP contribution in [0.1, 0.15) is 26.7 Å². The molecule has 0 radical (unpaired) electrons. The number of hydrogen-bond donors (Lipinski definition) is 2. The van der Waals surface area contributed by atoms with E-state index in [-0.39, 0.29) is 0 Å². The zero-order valence-corrected chi connectivity index (χ0v) is 9.46. The van der Waals surface area contributed by atoms with E-state index in [0.717, 1.165) is 26.2 Å². The van der Waals surface area contributed by atoms with Crippen LogP contribution in [-0.2, 0) is 4.74 Å². The standard InChI is InChI=1S/C11H24N2O/c1-9(7-12)3-5-13-8-11-4-6-14-10(11)2/h9-11,13H,3-8,12H2,1-2H3. The number of rotatable bonds is 6. The van der Waals surface area contributed by atoms with Gasteiger partial charge in [0.25, 0.3) is 0 Å². The van der Waals surface area contributed by atoms with Crippen LogP contribution in [0.4, 0.5) is 0 Å². The van der Waals surface area contributed by atoms with Gasteiger partial charge in [0.1, 0.15) is 0 Å². The zero-order valence-electron chi connectivity index (χ0n) is 9.46. The van der Waals surface area contributed by atoms with Crippen molar-refractivity contribution in [1.29, 1.82) is 0 Å². The minimum atomic E-state index is 0.439. The first-order chi connectivity index (χ1) is 6.74. The third-order valence-electron chi connectivity index (χ3n) is 3.16. The highest BCUT2D eigenvalue weighted by Crippen LogP contribution is 2.19. The Kier molecular flexibility index (Phi) is 5.45. The van der Waals surface area contributed by atoms with Gasteiger partial charge in [0, 0.05) is 13.2 Å². The molecule has 1 aliphatic rings. The average Bonchev–Trinajstić information content (AvgIpc) is 2.58. The van der Waals surface area contributed by atoms with E-state index in [0.29, 0.717) is 17.9 Å². The predicted molar refractivity (Wildman–Crippen MR) is 59.2 cm³/mol. The van der Waals surface area contributed by atoms with Gasteiger partial charge in [0.2, 0.25) is 0 Å². The van der Waals surface area contributed by atoms with Crippen molar-refractivity contribution in [2.24, 2.45) is 17.6 Å². The Bertz CT molecular complexity index is 152. The van der Waals surface area contributed by atoms with Crippen molar-refractivity contribution < 1.29 is 4.74 Å². The van der Waals surface area contributed by atoms with E-state index in [2.05, 4.69) is 19.2 Å². The first kappa shape index (κ1) is 12.0. The minimum Gasteiger partial charge on any atom is -0.378 e. The van der Waals surface area contributed by atoms with Crippen LogP contribution in [-0.4, -0.2) is 32.3 Å². The molecule has 3 nitrogen and oxygen atoms in total. The molecule has 1 aliphatic heterocycles. The maximum Gasteiger partial charge on any atom is 0.0588 e. The number of hydrogen-bond acceptors (Lipinski definition) is 3. The summed E-state index contributed by atoms with van der Waals surface area (Å²) in [5, 5.41) is 3.49. The quantitative estimate of drug-likeness (QED) is 0.628. The van der Waals surface area contributed by atoms with Crippen LogP contribution < -0.4 is 11.1 Å². The maximum atomic E-state index is 5.55. The Morgan fingerprint density at radius 1 is 1.57 bits per heavy atom. The topological polar surface area (TPSA) is 47.3 Å². The van der Waals surface area contributed by atoms with Crippen LogP contribution in [0.5, 0.6) is 0 Å². The Morgan fingerprint density at radius 3 is 2.93 bits per heavy atom. The Balaban J connectivity index is 1.98. The lowest BCUT2D eigenvalue weighted by atomic mass is 10.0. The lowest BCUT2D eigenvalue weighted by Crippen LogP contribution is -2.29. The van der Waals surface area contributed by atoms with Crippen molar-refractivity contribution >= 4 is 0 Å². The molecule has 1 rings (SSSR count). The molecule has 3 atom stereocenters. The second-order valence-corrected chi connectivity index (χ2v) is 4.46. The molecule has 0 amide bonds. The Hall–Kier alpha value is -0.120. The molecule has 0 spiro atoms. The molecule has 3 heteroatoms. The highest BCUT2D eigenvalue weighted by molar-refractivity contribution is 4.74. The molecule has 1 saturated heterocycles. The Morgan fingerprint density at radius 2 is 2.36 bits per heavy atom. The summed E-state index contributed by atoms with van der Waals surface area (Å²) in [7, 11) is 0. The fourth-order valence-electron chi connectivity index (χ4n) is 1.80. The lowest BCUT2D eigenvalue weighted by molar-refractivity contribution is 0.105. The summed E-state index contributed by atoms with van der Waals surface area (Å²) in [6, 6.07) is 0. The maximum absolute atomic E-state index is 5.55. The van der Waals surface area contributed by atoms with Crippen LogP contribution in [0.2, 0.25) is 0 Å². The average molecular weight is 200 g/mol. The molecule has 0 bridgehead atoms. The van der Waals surface area contributed by atoms with Gasteiger partial charge >= 0.3 is 0 Å². The van der Waals surface area contributed by atoms with Gasteiger partial charge in [0.15, 0.2) is 0 Å². The monoisotopic (exact) mass is 200 g/mol. The van der Waals surface area contributed by atoms with Crippen LogP contribution in [0, 0.1) is 11.8 Å². The van der Waals surface area contributed by atoms with Crippen LogP contribution in [0.3, 0.4) is 0 Å². The molecule has 0 aromatic carbocycles. The third-order valence-corrected chi connectivity index (χ3v) is 3.16. The minimum absolute atomic E-state index is 0.439. The van der Waals surface area contributed by atoms with Gasteiger partial charge in [-0.3, -0.25) is 0 Å². The summed E-state index contributed by atoms with van der Waals surface area (Å²) >= 11 is 0. The fourth-order valence-corrected chi connectivity index (χ4v) is 1.80. The van der Waals surface area contributed by atoms with Crippen molar-refractivity contribution in [2.75, 3.05) is 26.2 Å². The van der Waals surface area contributed by atoms with E-state index < -0.39 is 0 Å². The summed E-state index contributed by atoms with van der Waals surface area (Å²) in [5.74, 6) is 1.35. The van der Waals surface area contributed by atoms with Gasteiger partial charge in [-0.05, 0) is 44.7 Å². The van der Waals surface area contributed by atoms with Crippen LogP contribution >= 0.6 is 0 Å². The van der Waals surface area contributed by atoms with Gasteiger partial charge in [-0.25, -0.2) is 0 Å². The van der Waals surface area contributed by atoms with Crippen LogP contribution in [0.15, 0.2) is 0 Å². The van der Waals surface area contributed by atoms with Crippen molar-refractivity contribution in [3.8, 4) is 0 Å². The third kappa shape index (κ3) is 3.95. The van der Waals surface area contributed by atoms with Gasteiger partial charge in [-0.15, -0.1) is 0 Å². The zero-order chi connectivity index (χ0) is 10.4. The Labute approximate surface area is 87.4 Å². The van der Waals surface area contributed by atoms with Crippen molar-refractivity contribution in [1.82, 2.24) is 5.32 Å². The fraction of sp³-hybridized carbons (Fsp3) is 1.00. The van der Waals surface area contributed by atoms with E-state index in [1.165, 1.54) is 12.8 Å². The second-order valence-electron chi connectivity index (χ2n) is 4.46. The van der Waals surface area contributed by atoms with Gasteiger partial charge in [-0.1, -0.05) is 6.92 Å². The van der Waals surface area contributed by atoms with E-state index in [1.807, 2.05) is 0 Å². The molecule has 14 heavy (non-hydrogen) atoms. The van der Waals surface area contributed by atoms with Crippen molar-refractivity contribution in [3.63, 3.8) is 0 Å². The number of nitrogens with one attached hydrogen (secondary N) is 1. The molecule has 0 aromatic rings. The first-order valence-corrected chi connectivity index (χ1v) is 5.76. The molecule has 1 fully saturated rings. The molecular weight excluding hydrogens is 176 g/mol. The SMILES string of the molecule is CC(CN)CCNCC1CCOC1C. The molecular formula is C11H24N2O. The summed E-state index contributed by atoms with van der Waals surface area (Å²) < 4.78 is 5.50. The molecule has 0 aliphatic carbocycles. The summed E-state index contributed by atoms with van der Waals surface area (Å²) in [6.45, 7) is 8.28. The molecule has 0 aromatic heterocycles. The van der Waals surface area contributed by atoms with E-state index in [9.17, 15) is 0 Å². The predicted octanol–water partition coefficient (Wildman–Crippen LogP) is 0.986. The smallest absolute Gasteiger partial charge is 0.0588 e. The largest absolute Gasteiger partial charge is 0.378 e. The summed E-state index contributed by atoms with van der Waals surface area (Å²) in [4.78, 5) is 0. The highest BCUT2D eigenvalue weighted by atomic mass is 16.5. The second kappa shape index (κ2) is 6.38. The molecule has 3 unspecified atom stereocenters. The van der Waals surface area contributed by atoms with E-state index >= 15 is 0 Å². The summed E-state index contributed by atoms with van der Waals surface area (Å²) in [5.41, 5.74) is 5.55. The molecule has 1 heterocycles. The normalized spacial score (nSPS) is 29.4. The first-order valence-electron chi connectivity index (χ1n) is 5.76. The van der Waals surface area contributed by atoms with Gasteiger partial charge in [-0.2, -0.15) is 0 Å². The molecule has 0 saturated carbocycles. The van der Waals surface area contributed by atoms with E-state index in [1.54, 1.807) is 0 Å². The number of ether oxygens (including phenoxy) is 1. The van der Waals surface area contributed by atoms with Crippen molar-refractivity contribution in [3.05, 3.63) is 0 Å². The van der Waals surface area contributed by atoms with Crippen LogP contribution in [0.25, 0.3) is 0 Å². The number of nitrogens with two attached hydrogens (primary N) is 1. The molecule has 84 valence electrons. The van der Waals surface area contributed by atoms with Gasteiger partial charge < -0.3 is 15.8 Å². The van der Waals surface area contributed by atoms with Gasteiger partial charge in [0.05, 0.1) is 6.10 Å².